The van der Waals surface area contributed by atoms with E-state index in [9.17, 15) is 4.79 Å². The van der Waals surface area contributed by atoms with E-state index in [1.165, 1.54) is 37.3 Å². The van der Waals surface area contributed by atoms with Crippen LogP contribution in [0.1, 0.15) is 10.4 Å². The SMILES string of the molecule is COc1ccc(C(=O)O)c(Oc2cc(SC)ncn2)c1. The number of carboxylic acid groups (broad SMARTS) is 1. The molecule has 2 aromatic rings. The molecule has 0 fully saturated rings. The van der Waals surface area contributed by atoms with Gasteiger partial charge in [0.1, 0.15) is 28.4 Å². The zero-order chi connectivity index (χ0) is 14.5. The number of ether oxygens (including phenoxy) is 2. The fraction of sp³-hybridized carbons (Fsp3) is 0.154. The summed E-state index contributed by atoms with van der Waals surface area (Å²) in [6.07, 6.45) is 3.24. The third kappa shape index (κ3) is 3.18. The minimum absolute atomic E-state index is 0.0371. The number of thioether (sulfide) groups is 1. The summed E-state index contributed by atoms with van der Waals surface area (Å²) in [6, 6.07) is 6.12. The van der Waals surface area contributed by atoms with E-state index >= 15 is 0 Å². The van der Waals surface area contributed by atoms with Gasteiger partial charge in [-0.3, -0.25) is 0 Å². The maximum absolute atomic E-state index is 11.2. The van der Waals surface area contributed by atoms with Crippen LogP contribution in [0.3, 0.4) is 0 Å². The molecular weight excluding hydrogens is 280 g/mol. The number of hydrogen-bond acceptors (Lipinski definition) is 6. The summed E-state index contributed by atoms with van der Waals surface area (Å²) >= 11 is 1.44. The number of hydrogen-bond donors (Lipinski definition) is 1. The van der Waals surface area contributed by atoms with Gasteiger partial charge in [-0.2, -0.15) is 0 Å². The first-order valence-corrected chi connectivity index (χ1v) is 6.81. The molecule has 1 N–H and O–H groups in total. The second-order valence-corrected chi connectivity index (χ2v) is 4.49. The molecule has 0 unspecified atom stereocenters. The molecule has 0 bridgehead atoms. The molecule has 0 spiro atoms. The summed E-state index contributed by atoms with van der Waals surface area (Å²) in [7, 11) is 1.50. The van der Waals surface area contributed by atoms with E-state index in [-0.39, 0.29) is 17.2 Å². The summed E-state index contributed by atoms with van der Waals surface area (Å²) in [4.78, 5) is 19.2. The van der Waals surface area contributed by atoms with Crippen LogP contribution in [0.15, 0.2) is 35.6 Å². The van der Waals surface area contributed by atoms with Crippen LogP contribution >= 0.6 is 11.8 Å². The number of carbonyl (C=O) groups is 1. The zero-order valence-corrected chi connectivity index (χ0v) is 11.7. The second-order valence-electron chi connectivity index (χ2n) is 3.67. The normalized spacial score (nSPS) is 10.1. The Morgan fingerprint density at radius 1 is 1.30 bits per heavy atom. The van der Waals surface area contributed by atoms with Gasteiger partial charge in [-0.25, -0.2) is 14.8 Å². The van der Waals surface area contributed by atoms with Gasteiger partial charge in [0.2, 0.25) is 5.88 Å². The fourth-order valence-corrected chi connectivity index (χ4v) is 1.86. The van der Waals surface area contributed by atoms with E-state index in [0.717, 1.165) is 5.03 Å². The molecule has 0 amide bonds. The molecule has 7 heteroatoms. The standard InChI is InChI=1S/C13H12N2O4S/c1-18-8-3-4-9(13(16)17)10(5-8)19-11-6-12(20-2)15-7-14-11/h3-7H,1-2H3,(H,16,17). The summed E-state index contributed by atoms with van der Waals surface area (Å²) in [5.74, 6) is -0.131. The van der Waals surface area contributed by atoms with Crippen molar-refractivity contribution in [1.29, 1.82) is 0 Å². The maximum Gasteiger partial charge on any atom is 0.339 e. The molecule has 2 rings (SSSR count). The molecule has 0 aliphatic rings. The third-order valence-corrected chi connectivity index (χ3v) is 3.10. The topological polar surface area (TPSA) is 81.5 Å². The largest absolute Gasteiger partial charge is 0.497 e. The molecule has 0 radical (unpaired) electrons. The van der Waals surface area contributed by atoms with Gasteiger partial charge in [-0.1, -0.05) is 0 Å². The molecule has 0 aliphatic heterocycles. The molecule has 1 aromatic carbocycles. The number of aromatic carboxylic acids is 1. The lowest BCUT2D eigenvalue weighted by Crippen LogP contribution is -2.01. The molecule has 0 atom stereocenters. The number of methoxy groups -OCH3 is 1. The number of benzene rings is 1. The van der Waals surface area contributed by atoms with E-state index in [4.69, 9.17) is 14.6 Å². The summed E-state index contributed by atoms with van der Waals surface area (Å²) in [5, 5.41) is 9.88. The van der Waals surface area contributed by atoms with E-state index in [1.807, 2.05) is 6.26 Å². The monoisotopic (exact) mass is 292 g/mol. The van der Waals surface area contributed by atoms with Gasteiger partial charge >= 0.3 is 5.97 Å². The van der Waals surface area contributed by atoms with E-state index in [1.54, 1.807) is 12.1 Å². The Hall–Kier alpha value is -2.28. The highest BCUT2D eigenvalue weighted by molar-refractivity contribution is 7.98. The van der Waals surface area contributed by atoms with Crippen molar-refractivity contribution < 1.29 is 19.4 Å². The van der Waals surface area contributed by atoms with Crippen LogP contribution in [0, 0.1) is 0 Å². The molecule has 0 saturated heterocycles. The number of rotatable bonds is 5. The molecule has 1 heterocycles. The fourth-order valence-electron chi connectivity index (χ4n) is 1.49. The van der Waals surface area contributed by atoms with E-state index < -0.39 is 5.97 Å². The van der Waals surface area contributed by atoms with Gasteiger partial charge in [-0.05, 0) is 18.4 Å². The Bertz CT molecular complexity index is 634. The van der Waals surface area contributed by atoms with Crippen LogP contribution in [0.4, 0.5) is 0 Å². The lowest BCUT2D eigenvalue weighted by atomic mass is 10.2. The van der Waals surface area contributed by atoms with Gasteiger partial charge in [-0.15, -0.1) is 11.8 Å². The zero-order valence-electron chi connectivity index (χ0n) is 10.9. The molecule has 104 valence electrons. The molecule has 0 saturated carbocycles. The Morgan fingerprint density at radius 3 is 2.75 bits per heavy atom. The molecule has 1 aromatic heterocycles. The van der Waals surface area contributed by atoms with Crippen LogP contribution < -0.4 is 9.47 Å². The van der Waals surface area contributed by atoms with Gasteiger partial charge in [0.25, 0.3) is 0 Å². The van der Waals surface area contributed by atoms with Crippen molar-refractivity contribution >= 4 is 17.7 Å². The van der Waals surface area contributed by atoms with Crippen molar-refractivity contribution in [2.24, 2.45) is 0 Å². The van der Waals surface area contributed by atoms with Gasteiger partial charge in [0.05, 0.1) is 7.11 Å². The molecule has 20 heavy (non-hydrogen) atoms. The van der Waals surface area contributed by atoms with Crippen LogP contribution in [-0.2, 0) is 0 Å². The average Bonchev–Trinajstić information content (AvgIpc) is 2.47. The Morgan fingerprint density at radius 2 is 2.10 bits per heavy atom. The molecule has 0 aliphatic carbocycles. The lowest BCUT2D eigenvalue weighted by Gasteiger charge is -2.09. The van der Waals surface area contributed by atoms with Crippen LogP contribution in [-0.4, -0.2) is 34.4 Å². The minimum Gasteiger partial charge on any atom is -0.497 e. The van der Waals surface area contributed by atoms with Crippen molar-refractivity contribution in [2.75, 3.05) is 13.4 Å². The smallest absolute Gasteiger partial charge is 0.339 e. The quantitative estimate of drug-likeness (QED) is 0.670. The molecular formula is C13H12N2O4S. The second kappa shape index (κ2) is 6.25. The van der Waals surface area contributed by atoms with Crippen LogP contribution in [0.2, 0.25) is 0 Å². The predicted molar refractivity (Wildman–Crippen MR) is 73.8 cm³/mol. The Kier molecular flexibility index (Phi) is 4.41. The van der Waals surface area contributed by atoms with Crippen molar-refractivity contribution in [3.63, 3.8) is 0 Å². The van der Waals surface area contributed by atoms with Crippen molar-refractivity contribution in [3.05, 3.63) is 36.2 Å². The molecule has 6 nitrogen and oxygen atoms in total. The van der Waals surface area contributed by atoms with Crippen LogP contribution in [0.5, 0.6) is 17.4 Å². The highest BCUT2D eigenvalue weighted by Crippen LogP contribution is 2.29. The van der Waals surface area contributed by atoms with Gasteiger partial charge < -0.3 is 14.6 Å². The van der Waals surface area contributed by atoms with Crippen molar-refractivity contribution in [1.82, 2.24) is 9.97 Å². The van der Waals surface area contributed by atoms with Gasteiger partial charge in [0, 0.05) is 12.1 Å². The Labute approximate surface area is 119 Å². The van der Waals surface area contributed by atoms with Crippen molar-refractivity contribution in [2.45, 2.75) is 5.03 Å². The first-order chi connectivity index (χ1) is 9.63. The minimum atomic E-state index is -1.08. The van der Waals surface area contributed by atoms with E-state index in [0.29, 0.717) is 5.75 Å². The third-order valence-electron chi connectivity index (χ3n) is 2.46. The highest BCUT2D eigenvalue weighted by Gasteiger charge is 2.14. The van der Waals surface area contributed by atoms with Crippen LogP contribution in [0.25, 0.3) is 0 Å². The van der Waals surface area contributed by atoms with E-state index in [2.05, 4.69) is 9.97 Å². The van der Waals surface area contributed by atoms with Gasteiger partial charge in [0.15, 0.2) is 0 Å². The highest BCUT2D eigenvalue weighted by atomic mass is 32.2. The average molecular weight is 292 g/mol. The first kappa shape index (κ1) is 14.1. The Balaban J connectivity index is 2.37. The van der Waals surface area contributed by atoms with Crippen molar-refractivity contribution in [3.8, 4) is 17.4 Å². The maximum atomic E-state index is 11.2. The number of carboxylic acids is 1. The lowest BCUT2D eigenvalue weighted by molar-refractivity contribution is 0.0694. The summed E-state index contributed by atoms with van der Waals surface area (Å²) in [6.45, 7) is 0. The first-order valence-electron chi connectivity index (χ1n) is 5.59. The number of nitrogens with zero attached hydrogens (tertiary/aromatic N) is 2. The number of aromatic nitrogens is 2. The predicted octanol–water partition coefficient (Wildman–Crippen LogP) is 2.70. The summed E-state index contributed by atoms with van der Waals surface area (Å²) in [5.41, 5.74) is 0.0371. The summed E-state index contributed by atoms with van der Waals surface area (Å²) < 4.78 is 10.6.